The second kappa shape index (κ2) is 6.91. The lowest BCUT2D eigenvalue weighted by molar-refractivity contribution is -0.122. The van der Waals surface area contributed by atoms with Crippen LogP contribution in [0.15, 0.2) is 24.3 Å². The zero-order valence-electron chi connectivity index (χ0n) is 11.0. The van der Waals surface area contributed by atoms with Gasteiger partial charge in [0.2, 0.25) is 5.91 Å². The number of hydrogen-bond donors (Lipinski definition) is 2. The fourth-order valence-corrected chi connectivity index (χ4v) is 3.13. The first-order chi connectivity index (χ1) is 9.16. The Balaban J connectivity index is 1.86. The number of carbonyl (C=O) groups excluding carboxylic acids is 1. The maximum Gasteiger partial charge on any atom is 0.222 e. The monoisotopic (exact) mass is 282 g/mol. The van der Waals surface area contributed by atoms with Crippen molar-refractivity contribution in [1.29, 1.82) is 0 Å². The van der Waals surface area contributed by atoms with Crippen molar-refractivity contribution in [1.82, 2.24) is 10.6 Å². The summed E-state index contributed by atoms with van der Waals surface area (Å²) in [6.45, 7) is 2.75. The number of carbonyl (C=O) groups is 1. The molecule has 0 spiro atoms. The van der Waals surface area contributed by atoms with Crippen molar-refractivity contribution in [3.8, 4) is 0 Å². The van der Waals surface area contributed by atoms with E-state index >= 15 is 0 Å². The topological polar surface area (TPSA) is 41.1 Å². The molecule has 5 heteroatoms. The molecule has 19 heavy (non-hydrogen) atoms. The molecule has 1 heterocycles. The van der Waals surface area contributed by atoms with Gasteiger partial charge in [0.1, 0.15) is 5.82 Å². The van der Waals surface area contributed by atoms with E-state index < -0.39 is 0 Å². The van der Waals surface area contributed by atoms with E-state index in [-0.39, 0.29) is 23.8 Å². The number of hydrogen-bond acceptors (Lipinski definition) is 3. The van der Waals surface area contributed by atoms with Crippen LogP contribution in [-0.2, 0) is 4.79 Å². The highest BCUT2D eigenvalue weighted by Gasteiger charge is 2.19. The third-order valence-electron chi connectivity index (χ3n) is 3.18. The molecule has 3 nitrogen and oxygen atoms in total. The van der Waals surface area contributed by atoms with Gasteiger partial charge in [0, 0.05) is 36.1 Å². The molecule has 0 aromatic heterocycles. The lowest BCUT2D eigenvalue weighted by Gasteiger charge is -2.23. The molecule has 1 aromatic carbocycles. The van der Waals surface area contributed by atoms with Crippen LogP contribution < -0.4 is 10.6 Å². The first kappa shape index (κ1) is 14.3. The van der Waals surface area contributed by atoms with Crippen molar-refractivity contribution in [2.75, 3.05) is 18.1 Å². The van der Waals surface area contributed by atoms with E-state index in [0.717, 1.165) is 18.1 Å². The summed E-state index contributed by atoms with van der Waals surface area (Å²) in [7, 11) is 0. The largest absolute Gasteiger partial charge is 0.349 e. The van der Waals surface area contributed by atoms with Gasteiger partial charge in [0.25, 0.3) is 0 Å². The van der Waals surface area contributed by atoms with E-state index in [0.29, 0.717) is 12.0 Å². The minimum atomic E-state index is -0.301. The molecule has 1 aliphatic heterocycles. The van der Waals surface area contributed by atoms with Gasteiger partial charge in [-0.1, -0.05) is 18.2 Å². The van der Waals surface area contributed by atoms with Crippen molar-refractivity contribution >= 4 is 17.7 Å². The Morgan fingerprint density at radius 3 is 3.05 bits per heavy atom. The summed E-state index contributed by atoms with van der Waals surface area (Å²) in [4.78, 5) is 11.9. The molecule has 1 aromatic rings. The van der Waals surface area contributed by atoms with Gasteiger partial charge in [-0.05, 0) is 13.0 Å². The quantitative estimate of drug-likeness (QED) is 0.888. The van der Waals surface area contributed by atoms with Crippen LogP contribution in [0.5, 0.6) is 0 Å². The SMILES string of the molecule is CC(NC(=O)CC1CSCCN1)c1ccccc1F. The zero-order valence-corrected chi connectivity index (χ0v) is 11.8. The van der Waals surface area contributed by atoms with Gasteiger partial charge < -0.3 is 10.6 Å². The summed E-state index contributed by atoms with van der Waals surface area (Å²) in [6, 6.07) is 6.47. The molecule has 1 amide bonds. The predicted octanol–water partition coefficient (Wildman–Crippen LogP) is 2.10. The molecular weight excluding hydrogens is 263 g/mol. The molecule has 2 atom stereocenters. The molecule has 0 saturated carbocycles. The number of thioether (sulfide) groups is 1. The molecule has 0 aliphatic carbocycles. The van der Waals surface area contributed by atoms with Gasteiger partial charge in [-0.3, -0.25) is 4.79 Å². The first-order valence-corrected chi connectivity index (χ1v) is 7.67. The van der Waals surface area contributed by atoms with Crippen molar-refractivity contribution < 1.29 is 9.18 Å². The maximum atomic E-state index is 13.6. The van der Waals surface area contributed by atoms with Crippen LogP contribution >= 0.6 is 11.8 Å². The molecule has 0 bridgehead atoms. The van der Waals surface area contributed by atoms with Crippen LogP contribution in [0.1, 0.15) is 24.9 Å². The van der Waals surface area contributed by atoms with E-state index in [1.54, 1.807) is 25.1 Å². The third kappa shape index (κ3) is 4.21. The fraction of sp³-hybridized carbons (Fsp3) is 0.500. The van der Waals surface area contributed by atoms with Crippen LogP contribution in [0.25, 0.3) is 0 Å². The standard InChI is InChI=1S/C14H19FN2OS/c1-10(12-4-2-3-5-13(12)15)17-14(18)8-11-9-19-7-6-16-11/h2-5,10-11,16H,6-9H2,1H3,(H,17,18). The zero-order chi connectivity index (χ0) is 13.7. The number of nitrogens with one attached hydrogen (secondary N) is 2. The lowest BCUT2D eigenvalue weighted by Crippen LogP contribution is -2.41. The van der Waals surface area contributed by atoms with Crippen LogP contribution in [0.2, 0.25) is 0 Å². The van der Waals surface area contributed by atoms with Crippen molar-refractivity contribution in [2.24, 2.45) is 0 Å². The number of halogens is 1. The number of amides is 1. The highest BCUT2D eigenvalue weighted by Crippen LogP contribution is 2.16. The van der Waals surface area contributed by atoms with Gasteiger partial charge in [0.15, 0.2) is 0 Å². The summed E-state index contributed by atoms with van der Waals surface area (Å²) in [5, 5.41) is 6.17. The minimum Gasteiger partial charge on any atom is -0.349 e. The molecule has 1 fully saturated rings. The second-order valence-electron chi connectivity index (χ2n) is 4.74. The van der Waals surface area contributed by atoms with E-state index in [4.69, 9.17) is 0 Å². The summed E-state index contributed by atoms with van der Waals surface area (Å²) in [5.74, 6) is 1.75. The number of rotatable bonds is 4. The highest BCUT2D eigenvalue weighted by molar-refractivity contribution is 7.99. The molecule has 104 valence electrons. The van der Waals surface area contributed by atoms with E-state index in [9.17, 15) is 9.18 Å². The summed E-state index contributed by atoms with van der Waals surface area (Å²) < 4.78 is 13.6. The minimum absolute atomic E-state index is 0.0317. The first-order valence-electron chi connectivity index (χ1n) is 6.51. The van der Waals surface area contributed by atoms with E-state index in [2.05, 4.69) is 10.6 Å². The smallest absolute Gasteiger partial charge is 0.222 e. The van der Waals surface area contributed by atoms with Crippen LogP contribution in [0.4, 0.5) is 4.39 Å². The van der Waals surface area contributed by atoms with Crippen LogP contribution in [0.3, 0.4) is 0 Å². The Morgan fingerprint density at radius 2 is 2.37 bits per heavy atom. The number of benzene rings is 1. The summed E-state index contributed by atoms with van der Waals surface area (Å²) >= 11 is 1.86. The molecule has 2 unspecified atom stereocenters. The predicted molar refractivity (Wildman–Crippen MR) is 76.7 cm³/mol. The second-order valence-corrected chi connectivity index (χ2v) is 5.89. The Hall–Kier alpha value is -1.07. The molecular formula is C14H19FN2OS. The Bertz CT molecular complexity index is 435. The highest BCUT2D eigenvalue weighted by atomic mass is 32.2. The maximum absolute atomic E-state index is 13.6. The lowest BCUT2D eigenvalue weighted by atomic mass is 10.1. The van der Waals surface area contributed by atoms with E-state index in [1.165, 1.54) is 6.07 Å². The normalized spacial score (nSPS) is 20.8. The van der Waals surface area contributed by atoms with Gasteiger partial charge in [-0.2, -0.15) is 11.8 Å². The summed E-state index contributed by atoms with van der Waals surface area (Å²) in [6.07, 6.45) is 0.450. The van der Waals surface area contributed by atoms with Crippen molar-refractivity contribution in [3.63, 3.8) is 0 Å². The van der Waals surface area contributed by atoms with Gasteiger partial charge in [-0.15, -0.1) is 0 Å². The van der Waals surface area contributed by atoms with E-state index in [1.807, 2.05) is 11.8 Å². The Morgan fingerprint density at radius 1 is 1.58 bits per heavy atom. The average Bonchev–Trinajstić information content (AvgIpc) is 2.40. The molecule has 0 radical (unpaired) electrons. The third-order valence-corrected chi connectivity index (χ3v) is 4.31. The van der Waals surface area contributed by atoms with Gasteiger partial charge in [0.05, 0.1) is 6.04 Å². The van der Waals surface area contributed by atoms with Gasteiger partial charge >= 0.3 is 0 Å². The van der Waals surface area contributed by atoms with Crippen LogP contribution in [-0.4, -0.2) is 30.0 Å². The molecule has 2 rings (SSSR count). The van der Waals surface area contributed by atoms with Crippen LogP contribution in [0, 0.1) is 5.82 Å². The average molecular weight is 282 g/mol. The molecule has 2 N–H and O–H groups in total. The van der Waals surface area contributed by atoms with Crippen molar-refractivity contribution in [3.05, 3.63) is 35.6 Å². The summed E-state index contributed by atoms with van der Waals surface area (Å²) in [5.41, 5.74) is 0.529. The van der Waals surface area contributed by atoms with Crippen molar-refractivity contribution in [2.45, 2.75) is 25.4 Å². The Kier molecular flexibility index (Phi) is 5.22. The Labute approximate surface area is 117 Å². The molecule has 1 saturated heterocycles. The van der Waals surface area contributed by atoms with Gasteiger partial charge in [-0.25, -0.2) is 4.39 Å². The molecule has 1 aliphatic rings. The fourth-order valence-electron chi connectivity index (χ4n) is 2.18.